The number of allylic oxidation sites excluding steroid dienone is 4. The fourth-order valence-electron chi connectivity index (χ4n) is 9.75. The topological polar surface area (TPSA) is 0 Å². The third kappa shape index (κ3) is 5.93. The van der Waals surface area contributed by atoms with Gasteiger partial charge in [-0.15, -0.1) is 0 Å². The van der Waals surface area contributed by atoms with Crippen LogP contribution in [0.5, 0.6) is 0 Å². The van der Waals surface area contributed by atoms with Gasteiger partial charge in [0, 0.05) is 0 Å². The Hall–Kier alpha value is -2.12. The zero-order valence-electron chi connectivity index (χ0n) is 31.7. The van der Waals surface area contributed by atoms with E-state index in [9.17, 15) is 0 Å². The Balaban J connectivity index is 1.83. The van der Waals surface area contributed by atoms with E-state index < -0.39 is 18.0 Å². The van der Waals surface area contributed by atoms with Gasteiger partial charge in [-0.2, -0.15) is 0 Å². The summed E-state index contributed by atoms with van der Waals surface area (Å²) in [6.07, 6.45) is 15.4. The number of fused-ring (bicyclic) bond motifs is 3. The molecule has 3 aromatic carbocycles. The van der Waals surface area contributed by atoms with Crippen LogP contribution in [0.2, 0.25) is 13.0 Å². The Labute approximate surface area is 288 Å². The monoisotopic (exact) mass is 794 g/mol. The van der Waals surface area contributed by atoms with E-state index in [1.165, 1.54) is 59.1 Å². The molecule has 6 rings (SSSR count). The van der Waals surface area contributed by atoms with Gasteiger partial charge in [-0.25, -0.2) is 0 Å². The van der Waals surface area contributed by atoms with Crippen molar-refractivity contribution in [2.24, 2.45) is 5.92 Å². The second kappa shape index (κ2) is 12.0. The Bertz CT molecular complexity index is 1710. The van der Waals surface area contributed by atoms with Gasteiger partial charge in [-0.05, 0) is 0 Å². The third-order valence-corrected chi connectivity index (χ3v) is 38.6. The van der Waals surface area contributed by atoms with Crippen molar-refractivity contribution in [1.29, 1.82) is 0 Å². The Morgan fingerprint density at radius 3 is 1.49 bits per heavy atom. The number of hydrogen-bond acceptors (Lipinski definition) is 0. The molecule has 0 aromatic heterocycles. The maximum absolute atomic E-state index is 4.41. The van der Waals surface area contributed by atoms with Crippen LogP contribution >= 0.6 is 0 Å². The van der Waals surface area contributed by atoms with Crippen molar-refractivity contribution in [2.75, 3.05) is 0 Å². The van der Waals surface area contributed by atoms with Crippen molar-refractivity contribution in [1.82, 2.24) is 0 Å². The maximum atomic E-state index is 2.91. The van der Waals surface area contributed by atoms with Crippen LogP contribution in [0.15, 0.2) is 78.9 Å². The van der Waals surface area contributed by atoms with Gasteiger partial charge in [-0.1, -0.05) is 0 Å². The van der Waals surface area contributed by atoms with Gasteiger partial charge in [0.15, 0.2) is 0 Å². The Morgan fingerprint density at radius 2 is 1.09 bits per heavy atom. The summed E-state index contributed by atoms with van der Waals surface area (Å²) in [5, 5.41) is 0. The van der Waals surface area contributed by atoms with Gasteiger partial charge in [0.05, 0.1) is 0 Å². The molecule has 250 valence electrons. The molecule has 0 aliphatic heterocycles. The molecule has 47 heavy (non-hydrogen) atoms. The van der Waals surface area contributed by atoms with Crippen molar-refractivity contribution in [3.63, 3.8) is 0 Å². The van der Waals surface area contributed by atoms with Gasteiger partial charge in [-0.3, -0.25) is 0 Å². The molecular weight excluding hydrogens is 731 g/mol. The molecule has 0 radical (unpaired) electrons. The van der Waals surface area contributed by atoms with Crippen molar-refractivity contribution in [2.45, 2.75) is 134 Å². The van der Waals surface area contributed by atoms with E-state index in [2.05, 4.69) is 157 Å². The zero-order chi connectivity index (χ0) is 34.1. The standard InChI is InChI=1S/C21H25.C18H26.C5H5.2CH3.Hf/c1-20(2,3)16-7-9-18-14(12-16)11-15-13-17(21(4,5)6)8-10-19(15)18;1-13(2)17-10-16(9-15-7-5-6-8-15)11-18(12-17)14(3)4;1-2-4-5-3-1;;;/h7-13H,1-6H3;10-15H,5-8H2,1-4H3;1-5H;2*1H3;. The van der Waals surface area contributed by atoms with Crippen LogP contribution in [0, 0.1) is 5.92 Å². The minimum atomic E-state index is -4.41. The first-order valence-corrected chi connectivity index (χ1v) is 31.9. The SMILES string of the molecule is CC(C)c1cc([C](C2CCCC2)=[Hf]([CH3])([CH3])([CH]2C=CC=C2)[CH]2c3cc(C(C)(C)C)ccc3-c3ccc(C(C)(C)C)cc32)cc(C(C)C)c1. The van der Waals surface area contributed by atoms with Gasteiger partial charge >= 0.3 is 290 Å². The molecule has 1 saturated carbocycles. The first kappa shape index (κ1) is 34.7. The first-order chi connectivity index (χ1) is 21.9. The van der Waals surface area contributed by atoms with E-state index in [1.54, 1.807) is 16.7 Å². The van der Waals surface area contributed by atoms with Crippen LogP contribution in [0.4, 0.5) is 0 Å². The van der Waals surface area contributed by atoms with Crippen LogP contribution in [0.25, 0.3) is 11.1 Å². The van der Waals surface area contributed by atoms with Crippen molar-refractivity contribution in [3.8, 4) is 11.1 Å². The molecule has 0 saturated heterocycles. The molecule has 0 atom stereocenters. The molecule has 3 aliphatic rings. The molecule has 0 heterocycles. The molecular formula is C46H62Hf. The normalized spacial score (nSPS) is 17.8. The van der Waals surface area contributed by atoms with Crippen molar-refractivity contribution < 1.29 is 18.0 Å². The predicted molar refractivity (Wildman–Crippen MR) is 206 cm³/mol. The number of hydrogen-bond donors (Lipinski definition) is 0. The Kier molecular flexibility index (Phi) is 8.89. The summed E-state index contributed by atoms with van der Waals surface area (Å²) < 4.78 is 8.65. The molecule has 0 amide bonds. The van der Waals surface area contributed by atoms with E-state index in [0.717, 1.165) is 0 Å². The number of benzene rings is 3. The van der Waals surface area contributed by atoms with Gasteiger partial charge in [0.25, 0.3) is 0 Å². The van der Waals surface area contributed by atoms with E-state index in [-0.39, 0.29) is 10.8 Å². The summed E-state index contributed by atoms with van der Waals surface area (Å²) >= 11 is -4.41. The molecule has 0 N–H and O–H groups in total. The van der Waals surface area contributed by atoms with E-state index in [1.807, 2.05) is 3.26 Å². The molecule has 3 aromatic rings. The average molecular weight is 793 g/mol. The predicted octanol–water partition coefficient (Wildman–Crippen LogP) is 13.7. The summed E-state index contributed by atoms with van der Waals surface area (Å²) in [4.78, 5) is 0. The van der Waals surface area contributed by atoms with E-state index in [0.29, 0.717) is 25.1 Å². The van der Waals surface area contributed by atoms with E-state index >= 15 is 0 Å². The summed E-state index contributed by atoms with van der Waals surface area (Å²) in [6, 6.07) is 23.0. The van der Waals surface area contributed by atoms with Crippen molar-refractivity contribution in [3.05, 3.63) is 118 Å². The van der Waals surface area contributed by atoms with Crippen LogP contribution in [0.3, 0.4) is 0 Å². The summed E-state index contributed by atoms with van der Waals surface area (Å²) in [7, 11) is 0. The molecule has 3 aliphatic carbocycles. The molecule has 0 nitrogen and oxygen atoms in total. The van der Waals surface area contributed by atoms with Gasteiger partial charge < -0.3 is 0 Å². The molecule has 1 fully saturated rings. The molecule has 0 bridgehead atoms. The molecule has 0 unspecified atom stereocenters. The second-order valence-corrected chi connectivity index (χ2v) is 44.2. The summed E-state index contributed by atoms with van der Waals surface area (Å²) in [5.41, 5.74) is 13.9. The van der Waals surface area contributed by atoms with Crippen molar-refractivity contribution >= 4 is 3.26 Å². The minimum absolute atomic E-state index is 0.0989. The zero-order valence-corrected chi connectivity index (χ0v) is 35.3. The number of rotatable bonds is 6. The average Bonchev–Trinajstić information content (AvgIpc) is 3.77. The first-order valence-electron chi connectivity index (χ1n) is 18.8. The summed E-state index contributed by atoms with van der Waals surface area (Å²) in [5.74, 6) is 1.68. The van der Waals surface area contributed by atoms with Crippen LogP contribution < -0.4 is 0 Å². The van der Waals surface area contributed by atoms with Gasteiger partial charge in [0.2, 0.25) is 0 Å². The van der Waals surface area contributed by atoms with Gasteiger partial charge in [0.1, 0.15) is 0 Å². The quantitative estimate of drug-likeness (QED) is 0.218. The second-order valence-electron chi connectivity index (χ2n) is 19.0. The third-order valence-electron chi connectivity index (χ3n) is 12.6. The molecule has 1 heteroatoms. The summed E-state index contributed by atoms with van der Waals surface area (Å²) in [6.45, 7) is 23.9. The fraction of sp³-hybridized carbons (Fsp3) is 0.500. The van der Waals surface area contributed by atoms with Crippen LogP contribution in [-0.2, 0) is 28.8 Å². The van der Waals surface area contributed by atoms with E-state index in [4.69, 9.17) is 0 Å². The fourth-order valence-corrected chi connectivity index (χ4v) is 36.6. The van der Waals surface area contributed by atoms with Crippen LogP contribution in [-0.4, -0.2) is 3.26 Å². The van der Waals surface area contributed by atoms with Crippen LogP contribution in [0.1, 0.15) is 149 Å². The molecule has 0 spiro atoms. The Morgan fingerprint density at radius 1 is 0.638 bits per heavy atom.